The average Bonchev–Trinajstić information content (AvgIpc) is 3.26. The van der Waals surface area contributed by atoms with Crippen molar-refractivity contribution >= 4 is 32.3 Å². The third-order valence-electron chi connectivity index (χ3n) is 5.18. The van der Waals surface area contributed by atoms with E-state index in [0.717, 1.165) is 28.6 Å². The molecular formula is C20H24N2O2S2. The second-order valence-electron chi connectivity index (χ2n) is 7.35. The molecule has 0 fully saturated rings. The first-order chi connectivity index (χ1) is 12.5. The zero-order valence-corrected chi connectivity index (χ0v) is 16.7. The number of aromatic nitrogens is 1. The lowest BCUT2D eigenvalue weighted by atomic mass is 9.96. The summed E-state index contributed by atoms with van der Waals surface area (Å²) in [7, 11) is -3.58. The summed E-state index contributed by atoms with van der Waals surface area (Å²) in [6.07, 6.45) is 4.45. The van der Waals surface area contributed by atoms with Crippen molar-refractivity contribution in [2.75, 3.05) is 0 Å². The highest BCUT2D eigenvalue weighted by Gasteiger charge is 2.25. The maximum Gasteiger partial charge on any atom is 0.241 e. The molecule has 1 unspecified atom stereocenters. The summed E-state index contributed by atoms with van der Waals surface area (Å²) in [6, 6.07) is 9.18. The molecular weight excluding hydrogens is 364 g/mol. The summed E-state index contributed by atoms with van der Waals surface area (Å²) in [5.74, 6) is 0.173. The van der Waals surface area contributed by atoms with Crippen molar-refractivity contribution < 1.29 is 8.42 Å². The van der Waals surface area contributed by atoms with Crippen LogP contribution >= 0.6 is 11.3 Å². The number of aryl methyl sites for hydroxylation is 2. The Morgan fingerprint density at radius 1 is 1.15 bits per heavy atom. The number of rotatable bonds is 5. The number of hydrogen-bond acceptors (Lipinski definition) is 3. The van der Waals surface area contributed by atoms with Gasteiger partial charge in [0.2, 0.25) is 10.0 Å². The second kappa shape index (κ2) is 6.83. The van der Waals surface area contributed by atoms with Crippen LogP contribution in [0.2, 0.25) is 0 Å². The molecule has 0 radical (unpaired) electrons. The van der Waals surface area contributed by atoms with Gasteiger partial charge < -0.3 is 4.98 Å². The van der Waals surface area contributed by atoms with Gasteiger partial charge >= 0.3 is 0 Å². The summed E-state index contributed by atoms with van der Waals surface area (Å²) in [6.45, 7) is 4.08. The first-order valence-corrected chi connectivity index (χ1v) is 11.5. The van der Waals surface area contributed by atoms with Crippen LogP contribution in [0.4, 0.5) is 0 Å². The number of H-pyrrole nitrogens is 1. The lowest BCUT2D eigenvalue weighted by molar-refractivity contribution is 0.469. The molecule has 0 spiro atoms. The number of nitrogens with one attached hydrogen (secondary N) is 2. The van der Waals surface area contributed by atoms with E-state index < -0.39 is 10.0 Å². The first kappa shape index (κ1) is 17.8. The zero-order chi connectivity index (χ0) is 18.3. The molecule has 4 rings (SSSR count). The van der Waals surface area contributed by atoms with Crippen molar-refractivity contribution in [2.24, 2.45) is 5.92 Å². The van der Waals surface area contributed by atoms with E-state index in [2.05, 4.69) is 9.71 Å². The minimum absolute atomic E-state index is 0.173. The van der Waals surface area contributed by atoms with Crippen molar-refractivity contribution in [1.29, 1.82) is 0 Å². The molecule has 2 N–H and O–H groups in total. The van der Waals surface area contributed by atoms with Crippen LogP contribution in [0.15, 0.2) is 40.6 Å². The molecule has 0 amide bonds. The molecule has 0 saturated heterocycles. The molecule has 138 valence electrons. The van der Waals surface area contributed by atoms with Crippen LogP contribution < -0.4 is 4.72 Å². The van der Waals surface area contributed by atoms with Gasteiger partial charge in [-0.05, 0) is 66.8 Å². The summed E-state index contributed by atoms with van der Waals surface area (Å²) < 4.78 is 29.0. The van der Waals surface area contributed by atoms with Gasteiger partial charge in [-0.25, -0.2) is 13.1 Å². The van der Waals surface area contributed by atoms with Crippen molar-refractivity contribution in [2.45, 2.75) is 50.5 Å². The van der Waals surface area contributed by atoms with Crippen LogP contribution in [-0.4, -0.2) is 13.4 Å². The van der Waals surface area contributed by atoms with Crippen LogP contribution in [-0.2, 0) is 22.9 Å². The number of sulfonamides is 1. The normalized spacial score (nSPS) is 16.1. The van der Waals surface area contributed by atoms with E-state index in [0.29, 0.717) is 4.90 Å². The third-order valence-corrected chi connectivity index (χ3v) is 7.57. The van der Waals surface area contributed by atoms with Gasteiger partial charge in [0, 0.05) is 21.5 Å². The fraction of sp³-hybridized carbons (Fsp3) is 0.400. The molecule has 0 saturated carbocycles. The van der Waals surface area contributed by atoms with Crippen LogP contribution in [0.1, 0.15) is 48.9 Å². The molecule has 6 heteroatoms. The number of thiophene rings is 1. The number of hydrogen-bond donors (Lipinski definition) is 2. The minimum Gasteiger partial charge on any atom is -0.358 e. The van der Waals surface area contributed by atoms with E-state index in [1.807, 2.05) is 43.5 Å². The lowest BCUT2D eigenvalue weighted by Gasteiger charge is -2.21. The van der Waals surface area contributed by atoms with Crippen LogP contribution in [0.5, 0.6) is 0 Å². The SMILES string of the molecule is CC(C)C(NS(=O)(=O)c1ccc2[nH]c3c(c2c1)CCCC3)c1cccs1. The predicted octanol–water partition coefficient (Wildman–Crippen LogP) is 4.78. The van der Waals surface area contributed by atoms with Crippen molar-refractivity contribution in [3.8, 4) is 0 Å². The van der Waals surface area contributed by atoms with Crippen LogP contribution in [0.25, 0.3) is 10.9 Å². The Morgan fingerprint density at radius 3 is 2.69 bits per heavy atom. The van der Waals surface area contributed by atoms with Gasteiger partial charge in [-0.2, -0.15) is 0 Å². The highest BCUT2D eigenvalue weighted by atomic mass is 32.2. The van der Waals surface area contributed by atoms with E-state index in [4.69, 9.17) is 0 Å². The number of benzene rings is 1. The quantitative estimate of drug-likeness (QED) is 0.660. The average molecular weight is 389 g/mol. The van der Waals surface area contributed by atoms with Gasteiger partial charge in [0.25, 0.3) is 0 Å². The van der Waals surface area contributed by atoms with E-state index in [-0.39, 0.29) is 12.0 Å². The summed E-state index contributed by atoms with van der Waals surface area (Å²) in [5, 5.41) is 3.04. The molecule has 0 aliphatic heterocycles. The van der Waals surface area contributed by atoms with Gasteiger partial charge in [-0.3, -0.25) is 0 Å². The highest BCUT2D eigenvalue weighted by Crippen LogP contribution is 2.32. The zero-order valence-electron chi connectivity index (χ0n) is 15.1. The fourth-order valence-corrected chi connectivity index (χ4v) is 6.19. The molecule has 2 aromatic heterocycles. The van der Waals surface area contributed by atoms with Crippen molar-refractivity contribution in [1.82, 2.24) is 9.71 Å². The van der Waals surface area contributed by atoms with E-state index in [9.17, 15) is 8.42 Å². The third kappa shape index (κ3) is 3.21. The Kier molecular flexibility index (Phi) is 4.67. The van der Waals surface area contributed by atoms with Gasteiger partial charge in [0.1, 0.15) is 0 Å². The van der Waals surface area contributed by atoms with E-state index >= 15 is 0 Å². The largest absolute Gasteiger partial charge is 0.358 e. The van der Waals surface area contributed by atoms with E-state index in [1.165, 1.54) is 24.1 Å². The minimum atomic E-state index is -3.58. The Morgan fingerprint density at radius 2 is 1.96 bits per heavy atom. The number of aromatic amines is 1. The molecule has 4 nitrogen and oxygen atoms in total. The Hall–Kier alpha value is -1.63. The maximum atomic E-state index is 13.1. The smallest absolute Gasteiger partial charge is 0.241 e. The standard InChI is InChI=1S/C20H24N2O2S2/c1-13(2)20(19-8-5-11-25-19)22-26(23,24)14-9-10-18-16(12-14)15-6-3-4-7-17(15)21-18/h5,8-13,20-22H,3-4,6-7H2,1-2H3. The molecule has 3 aromatic rings. The Balaban J connectivity index is 1.71. The van der Waals surface area contributed by atoms with Crippen LogP contribution in [0, 0.1) is 5.92 Å². The summed E-state index contributed by atoms with van der Waals surface area (Å²) in [5.41, 5.74) is 3.60. The maximum absolute atomic E-state index is 13.1. The Bertz CT molecular complexity index is 1020. The summed E-state index contributed by atoms with van der Waals surface area (Å²) >= 11 is 1.59. The van der Waals surface area contributed by atoms with Crippen molar-refractivity contribution in [3.05, 3.63) is 51.8 Å². The van der Waals surface area contributed by atoms with Gasteiger partial charge in [-0.1, -0.05) is 19.9 Å². The fourth-order valence-electron chi connectivity index (χ4n) is 3.78. The molecule has 1 atom stereocenters. The molecule has 0 bridgehead atoms. The van der Waals surface area contributed by atoms with Gasteiger partial charge in [0.15, 0.2) is 0 Å². The molecule has 1 aromatic carbocycles. The topological polar surface area (TPSA) is 62.0 Å². The van der Waals surface area contributed by atoms with Gasteiger partial charge in [-0.15, -0.1) is 11.3 Å². The summed E-state index contributed by atoms with van der Waals surface area (Å²) in [4.78, 5) is 4.85. The van der Waals surface area contributed by atoms with Crippen molar-refractivity contribution in [3.63, 3.8) is 0 Å². The Labute approximate surface area is 158 Å². The monoisotopic (exact) mass is 388 g/mol. The van der Waals surface area contributed by atoms with E-state index in [1.54, 1.807) is 17.4 Å². The second-order valence-corrected chi connectivity index (χ2v) is 10.0. The lowest BCUT2D eigenvalue weighted by Crippen LogP contribution is -2.31. The molecule has 1 aliphatic rings. The van der Waals surface area contributed by atoms with Gasteiger partial charge in [0.05, 0.1) is 10.9 Å². The van der Waals surface area contributed by atoms with Crippen LogP contribution in [0.3, 0.4) is 0 Å². The molecule has 26 heavy (non-hydrogen) atoms. The first-order valence-electron chi connectivity index (χ1n) is 9.15. The molecule has 2 heterocycles. The number of fused-ring (bicyclic) bond motifs is 3. The highest BCUT2D eigenvalue weighted by molar-refractivity contribution is 7.89. The predicted molar refractivity (Wildman–Crippen MR) is 107 cm³/mol. The molecule has 1 aliphatic carbocycles.